The monoisotopic (exact) mass is 351 g/mol. The molecule has 4 rings (SSSR count). The molecule has 0 saturated carbocycles. The first kappa shape index (κ1) is 15.0. The number of rotatable bonds is 4. The SMILES string of the molecule is O=C(C=Cc1nc2ccccc2s1)NCc1nc2ccccc2s1. The Morgan fingerprint density at radius 2 is 1.62 bits per heavy atom. The predicted molar refractivity (Wildman–Crippen MR) is 100 cm³/mol. The van der Waals surface area contributed by atoms with E-state index in [2.05, 4.69) is 15.3 Å². The van der Waals surface area contributed by atoms with Crippen molar-refractivity contribution in [2.75, 3.05) is 0 Å². The summed E-state index contributed by atoms with van der Waals surface area (Å²) in [5.41, 5.74) is 1.92. The molecule has 2 heterocycles. The van der Waals surface area contributed by atoms with E-state index in [9.17, 15) is 4.79 Å². The summed E-state index contributed by atoms with van der Waals surface area (Å²) >= 11 is 3.16. The van der Waals surface area contributed by atoms with Gasteiger partial charge in [0.2, 0.25) is 5.91 Å². The van der Waals surface area contributed by atoms with Gasteiger partial charge in [-0.2, -0.15) is 0 Å². The minimum Gasteiger partial charge on any atom is -0.346 e. The molecule has 0 aliphatic heterocycles. The lowest BCUT2D eigenvalue weighted by Gasteiger charge is -1.97. The third-order valence-corrected chi connectivity index (χ3v) is 5.48. The van der Waals surface area contributed by atoms with Gasteiger partial charge in [0.25, 0.3) is 0 Å². The number of nitrogens with zero attached hydrogens (tertiary/aromatic N) is 2. The highest BCUT2D eigenvalue weighted by Crippen LogP contribution is 2.23. The molecule has 118 valence electrons. The maximum absolute atomic E-state index is 12.0. The minimum atomic E-state index is -0.145. The Hall–Kier alpha value is -2.57. The average molecular weight is 351 g/mol. The molecule has 0 bridgehead atoms. The summed E-state index contributed by atoms with van der Waals surface area (Å²) < 4.78 is 2.25. The van der Waals surface area contributed by atoms with Crippen molar-refractivity contribution in [1.82, 2.24) is 15.3 Å². The second kappa shape index (κ2) is 6.51. The van der Waals surface area contributed by atoms with Crippen molar-refractivity contribution >= 4 is 55.1 Å². The molecule has 4 nitrogen and oxygen atoms in total. The fraction of sp³-hybridized carbons (Fsp3) is 0.0556. The third kappa shape index (κ3) is 3.20. The van der Waals surface area contributed by atoms with Crippen molar-refractivity contribution in [3.05, 3.63) is 64.6 Å². The van der Waals surface area contributed by atoms with Crippen molar-refractivity contribution in [2.45, 2.75) is 6.54 Å². The second-order valence-corrected chi connectivity index (χ2v) is 7.32. The number of nitrogens with one attached hydrogen (secondary N) is 1. The van der Waals surface area contributed by atoms with Crippen molar-refractivity contribution in [3.63, 3.8) is 0 Å². The summed E-state index contributed by atoms with van der Waals surface area (Å²) in [7, 11) is 0. The predicted octanol–water partition coefficient (Wildman–Crippen LogP) is 4.24. The maximum Gasteiger partial charge on any atom is 0.244 e. The van der Waals surface area contributed by atoms with Crippen molar-refractivity contribution < 1.29 is 4.79 Å². The van der Waals surface area contributed by atoms with Crippen LogP contribution in [-0.2, 0) is 11.3 Å². The van der Waals surface area contributed by atoms with Gasteiger partial charge >= 0.3 is 0 Å². The van der Waals surface area contributed by atoms with Crippen LogP contribution in [-0.4, -0.2) is 15.9 Å². The number of carbonyl (C=O) groups excluding carboxylic acids is 1. The van der Waals surface area contributed by atoms with Gasteiger partial charge in [0, 0.05) is 6.08 Å². The Labute approximate surface area is 146 Å². The Balaban J connectivity index is 1.40. The van der Waals surface area contributed by atoms with Crippen molar-refractivity contribution in [1.29, 1.82) is 0 Å². The molecule has 0 radical (unpaired) electrons. The van der Waals surface area contributed by atoms with Gasteiger partial charge in [0.15, 0.2) is 0 Å². The number of thiazole rings is 2. The van der Waals surface area contributed by atoms with Gasteiger partial charge in [-0.05, 0) is 30.3 Å². The number of hydrogen-bond donors (Lipinski definition) is 1. The van der Waals surface area contributed by atoms with Crippen LogP contribution in [0.15, 0.2) is 54.6 Å². The summed E-state index contributed by atoms with van der Waals surface area (Å²) in [4.78, 5) is 21.0. The second-order valence-electron chi connectivity index (χ2n) is 5.15. The highest BCUT2D eigenvalue weighted by molar-refractivity contribution is 7.19. The van der Waals surface area contributed by atoms with E-state index in [1.807, 2.05) is 48.5 Å². The van der Waals surface area contributed by atoms with Crippen LogP contribution < -0.4 is 5.32 Å². The Bertz CT molecular complexity index is 982. The summed E-state index contributed by atoms with van der Waals surface area (Å²) in [6, 6.07) is 15.9. The van der Waals surface area contributed by atoms with Crippen molar-refractivity contribution in [3.8, 4) is 0 Å². The Kier molecular flexibility index (Phi) is 4.06. The number of fused-ring (bicyclic) bond motifs is 2. The highest BCUT2D eigenvalue weighted by atomic mass is 32.1. The van der Waals surface area contributed by atoms with E-state index in [0.29, 0.717) is 6.54 Å². The number of benzene rings is 2. The van der Waals surface area contributed by atoms with E-state index in [-0.39, 0.29) is 5.91 Å². The van der Waals surface area contributed by atoms with Gasteiger partial charge in [-0.25, -0.2) is 9.97 Å². The summed E-state index contributed by atoms with van der Waals surface area (Å²) in [6.07, 6.45) is 3.27. The quantitative estimate of drug-likeness (QED) is 0.560. The smallest absolute Gasteiger partial charge is 0.244 e. The molecule has 24 heavy (non-hydrogen) atoms. The van der Waals surface area contributed by atoms with Gasteiger partial charge in [0.1, 0.15) is 10.0 Å². The molecule has 0 unspecified atom stereocenters. The summed E-state index contributed by atoms with van der Waals surface area (Å²) in [6.45, 7) is 0.433. The minimum absolute atomic E-state index is 0.145. The number of hydrogen-bond acceptors (Lipinski definition) is 5. The van der Waals surface area contributed by atoms with E-state index in [1.54, 1.807) is 28.7 Å². The van der Waals surface area contributed by atoms with Gasteiger partial charge in [-0.3, -0.25) is 4.79 Å². The normalized spacial score (nSPS) is 11.5. The zero-order chi connectivity index (χ0) is 16.4. The standard InChI is InChI=1S/C18H13N3OS2/c22-16(9-10-17-20-12-5-1-3-7-14(12)23-17)19-11-18-21-13-6-2-4-8-15(13)24-18/h1-10H,11H2,(H,19,22). The number of para-hydroxylation sites is 2. The third-order valence-electron chi connectivity index (χ3n) is 3.44. The van der Waals surface area contributed by atoms with E-state index in [1.165, 1.54) is 6.08 Å². The summed E-state index contributed by atoms with van der Waals surface area (Å²) in [5.74, 6) is -0.145. The molecule has 0 aliphatic rings. The number of carbonyl (C=O) groups is 1. The first-order valence-electron chi connectivity index (χ1n) is 7.44. The van der Waals surface area contributed by atoms with Crippen molar-refractivity contribution in [2.24, 2.45) is 0 Å². The largest absolute Gasteiger partial charge is 0.346 e. The molecule has 0 aliphatic carbocycles. The van der Waals surface area contributed by atoms with Gasteiger partial charge in [0.05, 0.1) is 27.0 Å². The number of aromatic nitrogens is 2. The highest BCUT2D eigenvalue weighted by Gasteiger charge is 2.05. The van der Waals surface area contributed by atoms with Crippen LogP contribution >= 0.6 is 22.7 Å². The van der Waals surface area contributed by atoms with Crippen LogP contribution in [0.1, 0.15) is 10.0 Å². The topological polar surface area (TPSA) is 54.9 Å². The first-order valence-corrected chi connectivity index (χ1v) is 9.07. The average Bonchev–Trinajstić information content (AvgIpc) is 3.21. The van der Waals surface area contributed by atoms with Crippen LogP contribution in [0.3, 0.4) is 0 Å². The molecule has 2 aromatic heterocycles. The van der Waals surface area contributed by atoms with E-state index < -0.39 is 0 Å². The molecule has 1 N–H and O–H groups in total. The Morgan fingerprint density at radius 1 is 0.958 bits per heavy atom. The molecule has 0 atom stereocenters. The molecule has 0 saturated heterocycles. The fourth-order valence-electron chi connectivity index (χ4n) is 2.33. The number of amides is 1. The first-order chi connectivity index (χ1) is 11.8. The molecular weight excluding hydrogens is 338 g/mol. The van der Waals surface area contributed by atoms with Crippen LogP contribution in [0.2, 0.25) is 0 Å². The zero-order valence-corrected chi connectivity index (χ0v) is 14.2. The van der Waals surface area contributed by atoms with E-state index >= 15 is 0 Å². The van der Waals surface area contributed by atoms with E-state index in [4.69, 9.17) is 0 Å². The fourth-order valence-corrected chi connectivity index (χ4v) is 4.10. The molecule has 2 aromatic carbocycles. The summed E-state index contributed by atoms with van der Waals surface area (Å²) in [5, 5.41) is 4.59. The van der Waals surface area contributed by atoms with Crippen LogP contribution in [0.5, 0.6) is 0 Å². The Morgan fingerprint density at radius 3 is 2.33 bits per heavy atom. The molecule has 4 aromatic rings. The van der Waals surface area contributed by atoms with E-state index in [0.717, 1.165) is 30.4 Å². The lowest BCUT2D eigenvalue weighted by atomic mass is 10.3. The van der Waals surface area contributed by atoms with Crippen LogP contribution in [0, 0.1) is 0 Å². The van der Waals surface area contributed by atoms with Gasteiger partial charge in [-0.1, -0.05) is 24.3 Å². The molecule has 0 spiro atoms. The molecular formula is C18H13N3OS2. The molecule has 6 heteroatoms. The lowest BCUT2D eigenvalue weighted by Crippen LogP contribution is -2.19. The molecule has 0 fully saturated rings. The lowest BCUT2D eigenvalue weighted by molar-refractivity contribution is -0.116. The zero-order valence-electron chi connectivity index (χ0n) is 12.6. The molecule has 1 amide bonds. The van der Waals surface area contributed by atoms with Gasteiger partial charge in [-0.15, -0.1) is 22.7 Å². The van der Waals surface area contributed by atoms with Crippen LogP contribution in [0.25, 0.3) is 26.5 Å². The maximum atomic E-state index is 12.0. The van der Waals surface area contributed by atoms with Gasteiger partial charge < -0.3 is 5.32 Å². The van der Waals surface area contributed by atoms with Crippen LogP contribution in [0.4, 0.5) is 0 Å².